The number of thioether (sulfide) groups is 1. The van der Waals surface area contributed by atoms with Gasteiger partial charge in [0.1, 0.15) is 6.04 Å². The van der Waals surface area contributed by atoms with E-state index in [1.807, 2.05) is 4.90 Å². The summed E-state index contributed by atoms with van der Waals surface area (Å²) in [4.78, 5) is 26.7. The monoisotopic (exact) mass is 297 g/mol. The van der Waals surface area contributed by atoms with Crippen LogP contribution < -0.4 is 10.6 Å². The first-order valence-corrected chi connectivity index (χ1v) is 8.80. The van der Waals surface area contributed by atoms with Crippen molar-refractivity contribution < 1.29 is 9.59 Å². The normalized spacial score (nSPS) is 30.9. The summed E-state index contributed by atoms with van der Waals surface area (Å²) < 4.78 is 0. The molecule has 3 aliphatic rings. The van der Waals surface area contributed by atoms with Crippen LogP contribution in [0.4, 0.5) is 0 Å². The first-order valence-electron chi connectivity index (χ1n) is 7.65. The van der Waals surface area contributed by atoms with Gasteiger partial charge in [0.25, 0.3) is 0 Å². The Balaban J connectivity index is 1.59. The maximum Gasteiger partial charge on any atom is 0.243 e. The highest BCUT2D eigenvalue weighted by Gasteiger charge is 2.38. The van der Waals surface area contributed by atoms with Crippen molar-refractivity contribution in [1.29, 1.82) is 0 Å². The van der Waals surface area contributed by atoms with E-state index in [1.165, 1.54) is 0 Å². The fraction of sp³-hybridized carbons (Fsp3) is 0.857. The van der Waals surface area contributed by atoms with Crippen LogP contribution in [0, 0.1) is 5.92 Å². The number of nitrogens with one attached hydrogen (secondary N) is 2. The fourth-order valence-electron chi connectivity index (χ4n) is 3.36. The van der Waals surface area contributed by atoms with E-state index in [-0.39, 0.29) is 29.8 Å². The highest BCUT2D eigenvalue weighted by Crippen LogP contribution is 2.30. The fourth-order valence-corrected chi connectivity index (χ4v) is 4.52. The van der Waals surface area contributed by atoms with Gasteiger partial charge in [-0.15, -0.1) is 11.8 Å². The summed E-state index contributed by atoms with van der Waals surface area (Å²) in [6.07, 6.45) is 5.30. The molecule has 0 aromatic carbocycles. The molecule has 2 unspecified atom stereocenters. The summed E-state index contributed by atoms with van der Waals surface area (Å²) in [5.74, 6) is 1.82. The molecule has 0 bridgehead atoms. The van der Waals surface area contributed by atoms with Crippen molar-refractivity contribution in [3.63, 3.8) is 0 Å². The van der Waals surface area contributed by atoms with Gasteiger partial charge in [-0.3, -0.25) is 9.59 Å². The number of nitrogens with zero attached hydrogens (tertiary/aromatic N) is 1. The van der Waals surface area contributed by atoms with Gasteiger partial charge in [-0.05, 0) is 25.8 Å². The first kappa shape index (κ1) is 14.2. The van der Waals surface area contributed by atoms with Gasteiger partial charge < -0.3 is 15.5 Å². The van der Waals surface area contributed by atoms with E-state index < -0.39 is 0 Å². The van der Waals surface area contributed by atoms with E-state index in [9.17, 15) is 9.59 Å². The van der Waals surface area contributed by atoms with Crippen molar-refractivity contribution in [2.75, 3.05) is 24.7 Å². The minimum absolute atomic E-state index is 0.0371. The highest BCUT2D eigenvalue weighted by molar-refractivity contribution is 7.99. The SMILES string of the molecule is O=C(NC1CCNC1)C1CSCN1C(=O)C1CCCC1. The lowest BCUT2D eigenvalue weighted by Crippen LogP contribution is -2.51. The summed E-state index contributed by atoms with van der Waals surface area (Å²) >= 11 is 1.69. The molecule has 20 heavy (non-hydrogen) atoms. The van der Waals surface area contributed by atoms with Crippen LogP contribution in [0.3, 0.4) is 0 Å². The zero-order valence-electron chi connectivity index (χ0n) is 11.8. The van der Waals surface area contributed by atoms with Crippen LogP contribution in [0.15, 0.2) is 0 Å². The maximum absolute atomic E-state index is 12.5. The van der Waals surface area contributed by atoms with Gasteiger partial charge in [0.05, 0.1) is 5.88 Å². The first-order chi connectivity index (χ1) is 9.75. The number of carbonyl (C=O) groups excluding carboxylic acids is 2. The lowest BCUT2D eigenvalue weighted by Gasteiger charge is -2.26. The largest absolute Gasteiger partial charge is 0.350 e. The Morgan fingerprint density at radius 3 is 2.70 bits per heavy atom. The van der Waals surface area contributed by atoms with Gasteiger partial charge in [0.15, 0.2) is 0 Å². The molecular formula is C14H23N3O2S. The highest BCUT2D eigenvalue weighted by atomic mass is 32.2. The van der Waals surface area contributed by atoms with Crippen molar-refractivity contribution in [1.82, 2.24) is 15.5 Å². The molecule has 2 saturated heterocycles. The van der Waals surface area contributed by atoms with Crippen LogP contribution in [0.1, 0.15) is 32.1 Å². The topological polar surface area (TPSA) is 61.4 Å². The molecule has 1 saturated carbocycles. The van der Waals surface area contributed by atoms with E-state index in [4.69, 9.17) is 0 Å². The Labute approximate surface area is 124 Å². The Morgan fingerprint density at radius 2 is 2.00 bits per heavy atom. The van der Waals surface area contributed by atoms with Crippen LogP contribution in [0.25, 0.3) is 0 Å². The summed E-state index contributed by atoms with van der Waals surface area (Å²) in [7, 11) is 0. The van der Waals surface area contributed by atoms with Crippen LogP contribution in [0.5, 0.6) is 0 Å². The van der Waals surface area contributed by atoms with Crippen molar-refractivity contribution in [3.05, 3.63) is 0 Å². The number of rotatable bonds is 3. The minimum Gasteiger partial charge on any atom is -0.350 e. The average molecular weight is 297 g/mol. The van der Waals surface area contributed by atoms with E-state index in [2.05, 4.69) is 10.6 Å². The molecule has 6 heteroatoms. The third-order valence-corrected chi connectivity index (χ3v) is 5.59. The van der Waals surface area contributed by atoms with E-state index in [0.29, 0.717) is 5.88 Å². The Hall–Kier alpha value is -0.750. The van der Waals surface area contributed by atoms with E-state index in [0.717, 1.165) is 50.9 Å². The standard InChI is InChI=1S/C14H23N3O2S/c18-13(16-11-5-6-15-7-11)12-8-20-9-17(12)14(19)10-3-1-2-4-10/h10-12,15H,1-9H2,(H,16,18). The average Bonchev–Trinajstić information content (AvgIpc) is 3.19. The van der Waals surface area contributed by atoms with Crippen LogP contribution in [-0.2, 0) is 9.59 Å². The Bertz CT molecular complexity index is 379. The molecule has 2 N–H and O–H groups in total. The summed E-state index contributed by atoms with van der Waals surface area (Å²) in [5.41, 5.74) is 0. The maximum atomic E-state index is 12.5. The molecule has 3 fully saturated rings. The van der Waals surface area contributed by atoms with Crippen molar-refractivity contribution in [3.8, 4) is 0 Å². The number of hydrogen-bond donors (Lipinski definition) is 2. The molecule has 1 aliphatic carbocycles. The number of hydrogen-bond acceptors (Lipinski definition) is 4. The quantitative estimate of drug-likeness (QED) is 0.799. The van der Waals surface area contributed by atoms with Crippen LogP contribution in [-0.4, -0.2) is 53.5 Å². The molecular weight excluding hydrogens is 274 g/mol. The Morgan fingerprint density at radius 1 is 1.20 bits per heavy atom. The third-order valence-electron chi connectivity index (χ3n) is 4.58. The van der Waals surface area contributed by atoms with Gasteiger partial charge >= 0.3 is 0 Å². The van der Waals surface area contributed by atoms with Crippen LogP contribution in [0.2, 0.25) is 0 Å². The smallest absolute Gasteiger partial charge is 0.243 e. The van der Waals surface area contributed by atoms with E-state index in [1.54, 1.807) is 11.8 Å². The van der Waals surface area contributed by atoms with Crippen molar-refractivity contribution in [2.24, 2.45) is 5.92 Å². The molecule has 112 valence electrons. The lowest BCUT2D eigenvalue weighted by molar-refractivity contribution is -0.141. The number of carbonyl (C=O) groups is 2. The molecule has 2 atom stereocenters. The second kappa shape index (κ2) is 6.35. The predicted octanol–water partition coefficient (Wildman–Crippen LogP) is 0.556. The Kier molecular flexibility index (Phi) is 4.51. The third kappa shape index (κ3) is 2.96. The summed E-state index contributed by atoms with van der Waals surface area (Å²) in [6, 6.07) is -0.0229. The van der Waals surface area contributed by atoms with Gasteiger partial charge in [-0.2, -0.15) is 0 Å². The molecule has 2 heterocycles. The molecule has 0 aromatic heterocycles. The number of amides is 2. The predicted molar refractivity (Wildman–Crippen MR) is 79.3 cm³/mol. The van der Waals surface area contributed by atoms with Gasteiger partial charge in [0, 0.05) is 24.3 Å². The molecule has 5 nitrogen and oxygen atoms in total. The lowest BCUT2D eigenvalue weighted by atomic mass is 10.1. The van der Waals surface area contributed by atoms with Crippen molar-refractivity contribution in [2.45, 2.75) is 44.2 Å². The summed E-state index contributed by atoms with van der Waals surface area (Å²) in [5, 5.41) is 6.33. The zero-order chi connectivity index (χ0) is 13.9. The summed E-state index contributed by atoms with van der Waals surface area (Å²) in [6.45, 7) is 1.82. The van der Waals surface area contributed by atoms with Crippen LogP contribution >= 0.6 is 11.8 Å². The second-order valence-corrected chi connectivity index (χ2v) is 7.00. The molecule has 3 rings (SSSR count). The zero-order valence-corrected chi connectivity index (χ0v) is 12.6. The minimum atomic E-state index is -0.256. The van der Waals surface area contributed by atoms with Gasteiger partial charge in [0.2, 0.25) is 11.8 Å². The second-order valence-electron chi connectivity index (χ2n) is 6.00. The van der Waals surface area contributed by atoms with E-state index >= 15 is 0 Å². The molecule has 2 amide bonds. The molecule has 0 spiro atoms. The molecule has 0 aromatic rings. The van der Waals surface area contributed by atoms with Gasteiger partial charge in [-0.25, -0.2) is 0 Å². The van der Waals surface area contributed by atoms with Crippen molar-refractivity contribution >= 4 is 23.6 Å². The van der Waals surface area contributed by atoms with Gasteiger partial charge in [-0.1, -0.05) is 12.8 Å². The molecule has 2 aliphatic heterocycles. The molecule has 0 radical (unpaired) electrons.